The fourth-order valence-corrected chi connectivity index (χ4v) is 3.09. The third-order valence-electron chi connectivity index (χ3n) is 4.96. The molecule has 1 amide bonds. The number of methoxy groups -OCH3 is 1. The van der Waals surface area contributed by atoms with Crippen molar-refractivity contribution in [3.05, 3.63) is 35.9 Å². The van der Waals surface area contributed by atoms with Crippen molar-refractivity contribution in [3.8, 4) is 11.5 Å². The molecule has 1 N–H and O–H groups in total. The van der Waals surface area contributed by atoms with Crippen molar-refractivity contribution in [1.29, 1.82) is 0 Å². The average molecular weight is 469 g/mol. The highest BCUT2D eigenvalue weighted by molar-refractivity contribution is 5.85. The van der Waals surface area contributed by atoms with Gasteiger partial charge >= 0.3 is 5.97 Å². The zero-order valence-electron chi connectivity index (χ0n) is 20.5. The molecule has 7 heteroatoms. The van der Waals surface area contributed by atoms with Gasteiger partial charge in [0, 0.05) is 19.0 Å². The highest BCUT2D eigenvalue weighted by atomic mass is 35.5. The van der Waals surface area contributed by atoms with Crippen molar-refractivity contribution in [1.82, 2.24) is 10.2 Å². The summed E-state index contributed by atoms with van der Waals surface area (Å²) in [6, 6.07) is 5.61. The molecule has 1 rings (SSSR count). The number of hydrogen-bond donors (Lipinski definition) is 1. The van der Waals surface area contributed by atoms with Crippen molar-refractivity contribution >= 4 is 24.3 Å². The monoisotopic (exact) mass is 468 g/mol. The first-order valence-corrected chi connectivity index (χ1v) is 11.3. The number of likely N-dealkylation sites (N-methyl/N-ethyl adjacent to an activating group) is 1. The normalized spacial score (nSPS) is 11.2. The van der Waals surface area contributed by atoms with Gasteiger partial charge in [0.05, 0.1) is 13.7 Å². The Morgan fingerprint density at radius 2 is 1.84 bits per heavy atom. The highest BCUT2D eigenvalue weighted by Gasteiger charge is 2.16. The van der Waals surface area contributed by atoms with Crippen molar-refractivity contribution in [3.63, 3.8) is 0 Å². The first kappa shape index (κ1) is 29.9. The summed E-state index contributed by atoms with van der Waals surface area (Å²) < 4.78 is 10.9. The Bertz CT molecular complexity index is 720. The molecule has 0 fully saturated rings. The van der Waals surface area contributed by atoms with Crippen LogP contribution >= 0.6 is 12.4 Å². The molecule has 1 aromatic rings. The summed E-state index contributed by atoms with van der Waals surface area (Å²) in [4.78, 5) is 26.4. The van der Waals surface area contributed by atoms with Gasteiger partial charge in [-0.2, -0.15) is 0 Å². The molecule has 0 atom stereocenters. The van der Waals surface area contributed by atoms with Crippen LogP contribution in [0.2, 0.25) is 0 Å². The number of rotatable bonds is 14. The van der Waals surface area contributed by atoms with Gasteiger partial charge in [-0.3, -0.25) is 14.5 Å². The lowest BCUT2D eigenvalue weighted by Gasteiger charge is -2.23. The summed E-state index contributed by atoms with van der Waals surface area (Å²) in [6.45, 7) is 11.8. The van der Waals surface area contributed by atoms with Gasteiger partial charge < -0.3 is 14.8 Å². The topological polar surface area (TPSA) is 67.9 Å². The molecular weight excluding hydrogens is 428 g/mol. The second-order valence-electron chi connectivity index (χ2n) is 8.31. The first-order valence-electron chi connectivity index (χ1n) is 11.3. The van der Waals surface area contributed by atoms with Crippen molar-refractivity contribution in [2.45, 2.75) is 72.9 Å². The van der Waals surface area contributed by atoms with Crippen molar-refractivity contribution in [2.24, 2.45) is 5.92 Å². The van der Waals surface area contributed by atoms with Crippen LogP contribution in [-0.4, -0.2) is 43.0 Å². The molecule has 0 radical (unpaired) electrons. The predicted molar refractivity (Wildman–Crippen MR) is 133 cm³/mol. The van der Waals surface area contributed by atoms with E-state index in [0.29, 0.717) is 30.4 Å². The fourth-order valence-electron chi connectivity index (χ4n) is 3.09. The average Bonchev–Trinajstić information content (AvgIpc) is 2.73. The van der Waals surface area contributed by atoms with E-state index in [4.69, 9.17) is 9.47 Å². The van der Waals surface area contributed by atoms with E-state index in [9.17, 15) is 9.59 Å². The van der Waals surface area contributed by atoms with Crippen LogP contribution < -0.4 is 14.8 Å². The quantitative estimate of drug-likeness (QED) is 0.177. The Morgan fingerprint density at radius 1 is 1.12 bits per heavy atom. The Balaban J connectivity index is 0.00000961. The largest absolute Gasteiger partial charge is 0.493 e. The van der Waals surface area contributed by atoms with Crippen LogP contribution in [0.25, 0.3) is 0 Å². The zero-order valence-corrected chi connectivity index (χ0v) is 21.3. The van der Waals surface area contributed by atoms with E-state index in [1.54, 1.807) is 12.1 Å². The number of carbonyl (C=O) groups is 2. The molecule has 0 unspecified atom stereocenters. The number of amides is 1. The van der Waals surface area contributed by atoms with E-state index in [2.05, 4.69) is 31.3 Å². The number of esters is 1. The Labute approximate surface area is 200 Å². The summed E-state index contributed by atoms with van der Waals surface area (Å²) in [6.07, 6.45) is 7.79. The van der Waals surface area contributed by atoms with Crippen LogP contribution in [-0.2, 0) is 16.1 Å². The molecule has 182 valence electrons. The number of ether oxygens (including phenoxy) is 2. The molecule has 0 saturated carbocycles. The zero-order chi connectivity index (χ0) is 23.2. The SMILES string of the molecule is CCN(CC(=O)Oc1ccc(CNC(=O)CCCC/C=C/C(C)C)cc1OC)C(C)C.Cl. The van der Waals surface area contributed by atoms with Crippen LogP contribution in [0.4, 0.5) is 0 Å². The third kappa shape index (κ3) is 12.1. The predicted octanol–water partition coefficient (Wildman–Crippen LogP) is 5.14. The smallest absolute Gasteiger partial charge is 0.325 e. The van der Waals surface area contributed by atoms with E-state index >= 15 is 0 Å². The maximum atomic E-state index is 12.3. The molecule has 6 nitrogen and oxygen atoms in total. The minimum absolute atomic E-state index is 0. The molecule has 0 aliphatic carbocycles. The lowest BCUT2D eigenvalue weighted by atomic mass is 10.1. The van der Waals surface area contributed by atoms with Gasteiger partial charge in [-0.15, -0.1) is 12.4 Å². The molecule has 0 aliphatic heterocycles. The molecule has 0 spiro atoms. The fraction of sp³-hybridized carbons (Fsp3) is 0.600. The molecule has 32 heavy (non-hydrogen) atoms. The summed E-state index contributed by atoms with van der Waals surface area (Å²) in [5.41, 5.74) is 0.891. The molecule has 0 bridgehead atoms. The van der Waals surface area contributed by atoms with Gasteiger partial charge in [-0.05, 0) is 63.3 Å². The summed E-state index contributed by atoms with van der Waals surface area (Å²) >= 11 is 0. The highest BCUT2D eigenvalue weighted by Crippen LogP contribution is 2.28. The molecule has 0 saturated heterocycles. The Morgan fingerprint density at radius 3 is 2.44 bits per heavy atom. The molecule has 0 aromatic heterocycles. The lowest BCUT2D eigenvalue weighted by Crippen LogP contribution is -2.37. The van der Waals surface area contributed by atoms with E-state index in [-0.39, 0.29) is 36.9 Å². The van der Waals surface area contributed by atoms with Crippen LogP contribution in [0.1, 0.15) is 65.9 Å². The van der Waals surface area contributed by atoms with E-state index < -0.39 is 0 Å². The maximum absolute atomic E-state index is 12.3. The van der Waals surface area contributed by atoms with Gasteiger partial charge in [-0.1, -0.05) is 39.0 Å². The Kier molecular flexibility index (Phi) is 15.5. The van der Waals surface area contributed by atoms with Gasteiger partial charge in [0.25, 0.3) is 0 Å². The second-order valence-corrected chi connectivity index (χ2v) is 8.31. The van der Waals surface area contributed by atoms with Gasteiger partial charge in [0.1, 0.15) is 0 Å². The van der Waals surface area contributed by atoms with Crippen molar-refractivity contribution < 1.29 is 19.1 Å². The number of nitrogens with one attached hydrogen (secondary N) is 1. The van der Waals surface area contributed by atoms with Gasteiger partial charge in [0.15, 0.2) is 11.5 Å². The minimum atomic E-state index is -0.321. The molecule has 1 aromatic carbocycles. The number of carbonyl (C=O) groups excluding carboxylic acids is 2. The van der Waals surface area contributed by atoms with Gasteiger partial charge in [-0.25, -0.2) is 0 Å². The van der Waals surface area contributed by atoms with Crippen LogP contribution in [0.5, 0.6) is 11.5 Å². The summed E-state index contributed by atoms with van der Waals surface area (Å²) in [5, 5.41) is 2.94. The number of halogens is 1. The van der Waals surface area contributed by atoms with E-state index in [1.165, 1.54) is 7.11 Å². The van der Waals surface area contributed by atoms with Crippen LogP contribution in [0, 0.1) is 5.92 Å². The number of unbranched alkanes of at least 4 members (excludes halogenated alkanes) is 2. The molecule has 0 aliphatic rings. The maximum Gasteiger partial charge on any atom is 0.325 e. The number of nitrogens with zero attached hydrogens (tertiary/aromatic N) is 1. The van der Waals surface area contributed by atoms with E-state index in [0.717, 1.165) is 31.4 Å². The number of benzene rings is 1. The Hall–Kier alpha value is -2.05. The van der Waals surface area contributed by atoms with Crippen LogP contribution in [0.15, 0.2) is 30.4 Å². The minimum Gasteiger partial charge on any atom is -0.493 e. The summed E-state index contributed by atoms with van der Waals surface area (Å²) in [5.74, 6) is 1.15. The van der Waals surface area contributed by atoms with Crippen molar-refractivity contribution in [2.75, 3.05) is 20.2 Å². The molecular formula is C25H41ClN2O4. The number of allylic oxidation sites excluding steroid dienone is 2. The van der Waals surface area contributed by atoms with Crippen LogP contribution in [0.3, 0.4) is 0 Å². The lowest BCUT2D eigenvalue weighted by molar-refractivity contribution is -0.136. The standard InChI is InChI=1S/C25H40N2O4.ClH/c1-7-27(20(4)5)18-25(29)31-22-15-14-21(16-23(22)30-6)17-26-24(28)13-11-9-8-10-12-19(2)3;/h10,12,14-16,19-20H,7-9,11,13,17-18H2,1-6H3,(H,26,28);1H/b12-10+;. The summed E-state index contributed by atoms with van der Waals surface area (Å²) in [7, 11) is 1.54. The first-order chi connectivity index (χ1) is 14.8. The molecule has 0 heterocycles. The third-order valence-corrected chi connectivity index (χ3v) is 4.96. The second kappa shape index (κ2) is 16.6. The van der Waals surface area contributed by atoms with E-state index in [1.807, 2.05) is 31.7 Å². The van der Waals surface area contributed by atoms with Gasteiger partial charge in [0.2, 0.25) is 5.91 Å². The number of hydrogen-bond acceptors (Lipinski definition) is 5.